The number of hydrogen-bond donors (Lipinski definition) is 1. The second-order valence-electron chi connectivity index (χ2n) is 7.29. The minimum atomic E-state index is -0.0387. The molecule has 1 atom stereocenters. The highest BCUT2D eigenvalue weighted by Crippen LogP contribution is 2.44. The summed E-state index contributed by atoms with van der Waals surface area (Å²) < 4.78 is 0. The largest absolute Gasteiger partial charge is 0.507 e. The van der Waals surface area contributed by atoms with Gasteiger partial charge in [-0.15, -0.1) is 0 Å². The van der Waals surface area contributed by atoms with Crippen LogP contribution in [0.25, 0.3) is 0 Å². The van der Waals surface area contributed by atoms with Crippen molar-refractivity contribution in [3.63, 3.8) is 0 Å². The van der Waals surface area contributed by atoms with Crippen molar-refractivity contribution < 1.29 is 5.11 Å². The number of hydrogen-bond acceptors (Lipinski definition) is 1. The minimum Gasteiger partial charge on any atom is -0.507 e. The fourth-order valence-corrected chi connectivity index (χ4v) is 3.52. The molecule has 0 heterocycles. The third kappa shape index (κ3) is 2.46. The van der Waals surface area contributed by atoms with E-state index in [0.29, 0.717) is 11.7 Å². The number of phenolic OH excluding ortho intramolecular Hbond substituents is 1. The Morgan fingerprint density at radius 2 is 1.76 bits per heavy atom. The molecule has 0 aromatic heterocycles. The van der Waals surface area contributed by atoms with Crippen LogP contribution in [0, 0.1) is 6.92 Å². The first-order valence-electron chi connectivity index (χ1n) is 7.79. The van der Waals surface area contributed by atoms with Crippen LogP contribution in [0.1, 0.15) is 60.9 Å². The zero-order valence-corrected chi connectivity index (χ0v) is 13.4. The quantitative estimate of drug-likeness (QED) is 0.772. The summed E-state index contributed by atoms with van der Waals surface area (Å²) in [6.07, 6.45) is 2.21. The first-order valence-corrected chi connectivity index (χ1v) is 7.79. The van der Waals surface area contributed by atoms with Crippen molar-refractivity contribution >= 4 is 0 Å². The Labute approximate surface area is 127 Å². The summed E-state index contributed by atoms with van der Waals surface area (Å²) in [5.74, 6) is 0.831. The second-order valence-corrected chi connectivity index (χ2v) is 7.29. The molecule has 0 aliphatic heterocycles. The lowest BCUT2D eigenvalue weighted by Crippen LogP contribution is -2.13. The fourth-order valence-electron chi connectivity index (χ4n) is 3.52. The van der Waals surface area contributed by atoms with E-state index in [1.807, 2.05) is 0 Å². The molecular formula is C20H24O. The Balaban J connectivity index is 2.15. The van der Waals surface area contributed by atoms with Crippen LogP contribution >= 0.6 is 0 Å². The molecule has 110 valence electrons. The average molecular weight is 280 g/mol. The molecule has 0 bridgehead atoms. The molecule has 0 radical (unpaired) electrons. The standard InChI is InChI=1S/C20H24O/c1-13-11-17(19(21)18(12-13)20(2,3)4)16-10-9-14-7-5-6-8-15(14)16/h5-8,11-12,16,21H,9-10H2,1-4H3. The summed E-state index contributed by atoms with van der Waals surface area (Å²) in [7, 11) is 0. The van der Waals surface area contributed by atoms with Crippen LogP contribution < -0.4 is 0 Å². The summed E-state index contributed by atoms with van der Waals surface area (Å²) in [5.41, 5.74) is 6.17. The maximum atomic E-state index is 10.8. The number of fused-ring (bicyclic) bond motifs is 1. The maximum Gasteiger partial charge on any atom is 0.123 e. The molecule has 0 spiro atoms. The highest BCUT2D eigenvalue weighted by atomic mass is 16.3. The predicted molar refractivity (Wildman–Crippen MR) is 88.1 cm³/mol. The van der Waals surface area contributed by atoms with Gasteiger partial charge in [-0.3, -0.25) is 0 Å². The van der Waals surface area contributed by atoms with Crippen molar-refractivity contribution in [3.05, 3.63) is 64.2 Å². The minimum absolute atomic E-state index is 0.0387. The van der Waals surface area contributed by atoms with Gasteiger partial charge in [0.15, 0.2) is 0 Å². The lowest BCUT2D eigenvalue weighted by Gasteiger charge is -2.25. The van der Waals surface area contributed by atoms with E-state index in [0.717, 1.165) is 24.0 Å². The highest BCUT2D eigenvalue weighted by Gasteiger charge is 2.29. The van der Waals surface area contributed by atoms with Gasteiger partial charge in [-0.05, 0) is 41.9 Å². The summed E-state index contributed by atoms with van der Waals surface area (Å²) in [6, 6.07) is 12.9. The van der Waals surface area contributed by atoms with Crippen molar-refractivity contribution in [3.8, 4) is 5.75 Å². The molecule has 1 N–H and O–H groups in total. The van der Waals surface area contributed by atoms with Gasteiger partial charge in [0, 0.05) is 11.5 Å². The van der Waals surface area contributed by atoms with Crippen LogP contribution in [0.5, 0.6) is 5.75 Å². The summed E-state index contributed by atoms with van der Waals surface area (Å²) in [6.45, 7) is 8.61. The van der Waals surface area contributed by atoms with E-state index in [4.69, 9.17) is 0 Å². The van der Waals surface area contributed by atoms with Crippen LogP contribution in [-0.4, -0.2) is 5.11 Å². The van der Waals surface area contributed by atoms with Crippen molar-refractivity contribution in [1.29, 1.82) is 0 Å². The molecule has 1 heteroatoms. The van der Waals surface area contributed by atoms with E-state index in [1.165, 1.54) is 16.7 Å². The van der Waals surface area contributed by atoms with Crippen LogP contribution in [0.2, 0.25) is 0 Å². The molecule has 0 fully saturated rings. The molecule has 21 heavy (non-hydrogen) atoms. The van der Waals surface area contributed by atoms with Gasteiger partial charge in [-0.25, -0.2) is 0 Å². The van der Waals surface area contributed by atoms with Gasteiger partial charge in [-0.1, -0.05) is 62.7 Å². The second kappa shape index (κ2) is 4.91. The van der Waals surface area contributed by atoms with Gasteiger partial charge >= 0.3 is 0 Å². The summed E-state index contributed by atoms with van der Waals surface area (Å²) in [5, 5.41) is 10.8. The topological polar surface area (TPSA) is 20.2 Å². The number of aryl methyl sites for hydroxylation is 2. The van der Waals surface area contributed by atoms with Gasteiger partial charge in [0.05, 0.1) is 0 Å². The molecule has 3 rings (SSSR count). The third-order valence-corrected chi connectivity index (χ3v) is 4.60. The van der Waals surface area contributed by atoms with Gasteiger partial charge in [0.1, 0.15) is 5.75 Å². The van der Waals surface area contributed by atoms with Gasteiger partial charge in [-0.2, -0.15) is 0 Å². The Kier molecular flexibility index (Phi) is 3.32. The molecule has 2 aromatic rings. The van der Waals surface area contributed by atoms with E-state index < -0.39 is 0 Å². The van der Waals surface area contributed by atoms with Crippen LogP contribution in [-0.2, 0) is 11.8 Å². The number of rotatable bonds is 1. The van der Waals surface area contributed by atoms with E-state index in [2.05, 4.69) is 64.1 Å². The number of benzene rings is 2. The van der Waals surface area contributed by atoms with E-state index >= 15 is 0 Å². The molecule has 2 aromatic carbocycles. The molecule has 1 aliphatic carbocycles. The molecular weight excluding hydrogens is 256 g/mol. The molecule has 1 nitrogen and oxygen atoms in total. The monoisotopic (exact) mass is 280 g/mol. The summed E-state index contributed by atoms with van der Waals surface area (Å²) >= 11 is 0. The van der Waals surface area contributed by atoms with Crippen LogP contribution in [0.3, 0.4) is 0 Å². The molecule has 1 aliphatic rings. The molecule has 0 saturated heterocycles. The first-order chi connectivity index (χ1) is 9.88. The molecule has 1 unspecified atom stereocenters. The Hall–Kier alpha value is -1.76. The first kappa shape index (κ1) is 14.2. The zero-order chi connectivity index (χ0) is 15.2. The number of phenols is 1. The lowest BCUT2D eigenvalue weighted by molar-refractivity contribution is 0.437. The molecule has 0 amide bonds. The Morgan fingerprint density at radius 3 is 2.48 bits per heavy atom. The SMILES string of the molecule is Cc1cc(C2CCc3ccccc32)c(O)c(C(C)(C)C)c1. The Morgan fingerprint density at radius 1 is 1.05 bits per heavy atom. The average Bonchev–Trinajstić information content (AvgIpc) is 2.83. The van der Waals surface area contributed by atoms with Crippen LogP contribution in [0.15, 0.2) is 36.4 Å². The van der Waals surface area contributed by atoms with Crippen molar-refractivity contribution in [2.45, 2.75) is 51.9 Å². The van der Waals surface area contributed by atoms with Gasteiger partial charge in [0.25, 0.3) is 0 Å². The van der Waals surface area contributed by atoms with Crippen molar-refractivity contribution in [2.24, 2.45) is 0 Å². The third-order valence-electron chi connectivity index (χ3n) is 4.60. The Bertz CT molecular complexity index is 677. The van der Waals surface area contributed by atoms with E-state index in [-0.39, 0.29) is 5.41 Å². The van der Waals surface area contributed by atoms with E-state index in [9.17, 15) is 5.11 Å². The maximum absolute atomic E-state index is 10.8. The highest BCUT2D eigenvalue weighted by molar-refractivity contribution is 5.53. The van der Waals surface area contributed by atoms with Gasteiger partial charge < -0.3 is 5.11 Å². The predicted octanol–water partition coefficient (Wildman–Crippen LogP) is 5.08. The molecule has 0 saturated carbocycles. The normalized spacial score (nSPS) is 17.8. The zero-order valence-electron chi connectivity index (χ0n) is 13.4. The lowest BCUT2D eigenvalue weighted by atomic mass is 9.81. The van der Waals surface area contributed by atoms with Gasteiger partial charge in [0.2, 0.25) is 0 Å². The number of aromatic hydroxyl groups is 1. The van der Waals surface area contributed by atoms with E-state index in [1.54, 1.807) is 0 Å². The van der Waals surface area contributed by atoms with Crippen molar-refractivity contribution in [2.75, 3.05) is 0 Å². The van der Waals surface area contributed by atoms with Crippen LogP contribution in [0.4, 0.5) is 0 Å². The van der Waals surface area contributed by atoms with Crippen molar-refractivity contribution in [1.82, 2.24) is 0 Å². The fraction of sp³-hybridized carbons (Fsp3) is 0.400. The smallest absolute Gasteiger partial charge is 0.123 e. The summed E-state index contributed by atoms with van der Waals surface area (Å²) in [4.78, 5) is 0.